The third-order valence-corrected chi connectivity index (χ3v) is 1.57. The zero-order chi connectivity index (χ0) is 11.0. The van der Waals surface area contributed by atoms with Crippen molar-refractivity contribution in [3.63, 3.8) is 0 Å². The van der Waals surface area contributed by atoms with Crippen molar-refractivity contribution in [3.8, 4) is 0 Å². The van der Waals surface area contributed by atoms with Crippen molar-refractivity contribution in [1.82, 2.24) is 5.32 Å². The zero-order valence-electron chi connectivity index (χ0n) is 8.02. The molecule has 82 valence electrons. The second kappa shape index (κ2) is 7.28. The molecule has 6 nitrogen and oxygen atoms in total. The van der Waals surface area contributed by atoms with E-state index in [1.165, 1.54) is 7.11 Å². The van der Waals surface area contributed by atoms with Crippen molar-refractivity contribution in [1.29, 1.82) is 0 Å². The van der Waals surface area contributed by atoms with Gasteiger partial charge >= 0.3 is 5.97 Å². The van der Waals surface area contributed by atoms with E-state index < -0.39 is 24.5 Å². The lowest BCUT2D eigenvalue weighted by atomic mass is 10.2. The molecule has 0 aliphatic heterocycles. The van der Waals surface area contributed by atoms with E-state index in [4.69, 9.17) is 14.9 Å². The number of ether oxygens (including phenoxy) is 1. The molecule has 0 aromatic heterocycles. The quantitative estimate of drug-likeness (QED) is 0.462. The number of amides is 1. The number of hydrogen-bond acceptors (Lipinski definition) is 4. The van der Waals surface area contributed by atoms with Gasteiger partial charge in [-0.15, -0.1) is 0 Å². The average Bonchev–Trinajstić information content (AvgIpc) is 2.14. The van der Waals surface area contributed by atoms with E-state index in [2.05, 4.69) is 5.32 Å². The molecule has 0 radical (unpaired) electrons. The zero-order valence-corrected chi connectivity index (χ0v) is 8.02. The van der Waals surface area contributed by atoms with E-state index >= 15 is 0 Å². The van der Waals surface area contributed by atoms with Gasteiger partial charge < -0.3 is 20.3 Å². The normalized spacial score (nSPS) is 12.1. The van der Waals surface area contributed by atoms with Gasteiger partial charge in [-0.2, -0.15) is 0 Å². The topological polar surface area (TPSA) is 95.9 Å². The van der Waals surface area contributed by atoms with E-state index in [1.807, 2.05) is 0 Å². The molecular formula is C8H15NO5. The Labute approximate surface area is 81.9 Å². The summed E-state index contributed by atoms with van der Waals surface area (Å²) in [6, 6.07) is -1.22. The lowest BCUT2D eigenvalue weighted by Gasteiger charge is -2.10. The first kappa shape index (κ1) is 12.9. The maximum atomic E-state index is 11.1. The third-order valence-electron chi connectivity index (χ3n) is 1.57. The molecule has 0 unspecified atom stereocenters. The first-order valence-corrected chi connectivity index (χ1v) is 4.23. The number of methoxy groups -OCH3 is 1. The van der Waals surface area contributed by atoms with E-state index in [-0.39, 0.29) is 6.42 Å². The molecule has 0 saturated carbocycles. The van der Waals surface area contributed by atoms with E-state index in [0.29, 0.717) is 13.0 Å². The standard InChI is InChI=1S/C8H15NO5/c1-14-4-2-3-7(11)9-6(5-10)8(12)13/h6,10H,2-5H2,1H3,(H,9,11)(H,12,13)/t6-/m0/s1. The minimum Gasteiger partial charge on any atom is -0.480 e. The smallest absolute Gasteiger partial charge is 0.328 e. The van der Waals surface area contributed by atoms with Crippen LogP contribution in [0.1, 0.15) is 12.8 Å². The summed E-state index contributed by atoms with van der Waals surface area (Å²) in [4.78, 5) is 21.4. The van der Waals surface area contributed by atoms with Crippen LogP contribution in [0.25, 0.3) is 0 Å². The van der Waals surface area contributed by atoms with Crippen LogP contribution in [0.4, 0.5) is 0 Å². The molecule has 0 fully saturated rings. The van der Waals surface area contributed by atoms with Gasteiger partial charge in [0.05, 0.1) is 6.61 Å². The Balaban J connectivity index is 3.74. The minimum atomic E-state index is -1.24. The van der Waals surface area contributed by atoms with E-state index in [1.54, 1.807) is 0 Å². The first-order chi connectivity index (χ1) is 6.61. The van der Waals surface area contributed by atoms with E-state index in [0.717, 1.165) is 0 Å². The fourth-order valence-corrected chi connectivity index (χ4v) is 0.829. The fraction of sp³-hybridized carbons (Fsp3) is 0.750. The molecule has 0 bridgehead atoms. The van der Waals surface area contributed by atoms with Crippen molar-refractivity contribution in [2.24, 2.45) is 0 Å². The van der Waals surface area contributed by atoms with Crippen molar-refractivity contribution in [2.45, 2.75) is 18.9 Å². The summed E-state index contributed by atoms with van der Waals surface area (Å²) in [6.45, 7) is -0.157. The molecular weight excluding hydrogens is 190 g/mol. The summed E-state index contributed by atoms with van der Waals surface area (Å²) in [7, 11) is 1.52. The molecule has 0 aliphatic carbocycles. The Morgan fingerprint density at radius 1 is 1.50 bits per heavy atom. The Bertz CT molecular complexity index is 194. The molecule has 0 saturated heterocycles. The number of nitrogens with one attached hydrogen (secondary N) is 1. The molecule has 14 heavy (non-hydrogen) atoms. The highest BCUT2D eigenvalue weighted by molar-refractivity contribution is 5.83. The van der Waals surface area contributed by atoms with Crippen molar-refractivity contribution in [2.75, 3.05) is 20.3 Å². The van der Waals surface area contributed by atoms with Gasteiger partial charge in [0.25, 0.3) is 0 Å². The monoisotopic (exact) mass is 205 g/mol. The van der Waals surface area contributed by atoms with Gasteiger partial charge in [-0.3, -0.25) is 4.79 Å². The largest absolute Gasteiger partial charge is 0.480 e. The highest BCUT2D eigenvalue weighted by Gasteiger charge is 2.17. The number of carbonyl (C=O) groups excluding carboxylic acids is 1. The van der Waals surface area contributed by atoms with Crippen molar-refractivity contribution >= 4 is 11.9 Å². The summed E-state index contributed by atoms with van der Waals surface area (Å²) >= 11 is 0. The summed E-state index contributed by atoms with van der Waals surface area (Å²) in [5, 5.41) is 19.3. The molecule has 1 atom stereocenters. The van der Waals surface area contributed by atoms with Gasteiger partial charge in [0.1, 0.15) is 6.04 Å². The maximum Gasteiger partial charge on any atom is 0.328 e. The number of carbonyl (C=O) groups is 2. The van der Waals surface area contributed by atoms with Gasteiger partial charge in [-0.1, -0.05) is 0 Å². The number of aliphatic hydroxyl groups is 1. The maximum absolute atomic E-state index is 11.1. The molecule has 0 aromatic carbocycles. The van der Waals surface area contributed by atoms with Gasteiger partial charge in [-0.25, -0.2) is 4.79 Å². The lowest BCUT2D eigenvalue weighted by Crippen LogP contribution is -2.43. The van der Waals surface area contributed by atoms with Crippen LogP contribution in [0.15, 0.2) is 0 Å². The fourth-order valence-electron chi connectivity index (χ4n) is 0.829. The van der Waals surface area contributed by atoms with Crippen molar-refractivity contribution in [3.05, 3.63) is 0 Å². The number of aliphatic carboxylic acids is 1. The van der Waals surface area contributed by atoms with Gasteiger partial charge in [0.2, 0.25) is 5.91 Å². The van der Waals surface area contributed by atoms with Crippen molar-refractivity contribution < 1.29 is 24.5 Å². The molecule has 6 heteroatoms. The Morgan fingerprint density at radius 2 is 2.14 bits per heavy atom. The van der Waals surface area contributed by atoms with Crippen LogP contribution in [0.3, 0.4) is 0 Å². The predicted octanol–water partition coefficient (Wildman–Crippen LogP) is -1.03. The number of hydrogen-bond donors (Lipinski definition) is 3. The number of aliphatic hydroxyl groups excluding tert-OH is 1. The number of rotatable bonds is 7. The van der Waals surface area contributed by atoms with Gasteiger partial charge in [0, 0.05) is 20.1 Å². The van der Waals surface area contributed by atoms with Crippen LogP contribution in [-0.2, 0) is 14.3 Å². The molecule has 0 aliphatic rings. The van der Waals surface area contributed by atoms with Crippen LogP contribution >= 0.6 is 0 Å². The first-order valence-electron chi connectivity index (χ1n) is 4.23. The predicted molar refractivity (Wildman–Crippen MR) is 47.8 cm³/mol. The molecule has 0 rings (SSSR count). The Morgan fingerprint density at radius 3 is 2.57 bits per heavy atom. The van der Waals surface area contributed by atoms with E-state index in [9.17, 15) is 9.59 Å². The Hall–Kier alpha value is -1.14. The second-order valence-electron chi connectivity index (χ2n) is 2.74. The molecule has 3 N–H and O–H groups in total. The van der Waals surface area contributed by atoms with Crippen LogP contribution in [0.2, 0.25) is 0 Å². The molecule has 1 amide bonds. The third kappa shape index (κ3) is 5.50. The van der Waals surface area contributed by atoms with Crippen LogP contribution in [0.5, 0.6) is 0 Å². The van der Waals surface area contributed by atoms with Gasteiger partial charge in [-0.05, 0) is 6.42 Å². The molecule has 0 heterocycles. The summed E-state index contributed by atoms with van der Waals surface area (Å²) in [6.07, 6.45) is 0.720. The highest BCUT2D eigenvalue weighted by atomic mass is 16.5. The molecule has 0 aromatic rings. The second-order valence-corrected chi connectivity index (χ2v) is 2.74. The summed E-state index contributed by atoms with van der Waals surface area (Å²) in [5.41, 5.74) is 0. The lowest BCUT2D eigenvalue weighted by molar-refractivity contribution is -0.143. The van der Waals surface area contributed by atoms with Crippen LogP contribution < -0.4 is 5.32 Å². The number of carboxylic acids is 1. The summed E-state index contributed by atoms with van der Waals surface area (Å²) in [5.74, 6) is -1.64. The average molecular weight is 205 g/mol. The Kier molecular flexibility index (Phi) is 6.69. The minimum absolute atomic E-state index is 0.192. The molecule has 0 spiro atoms. The number of carboxylic acid groups (broad SMARTS) is 1. The highest BCUT2D eigenvalue weighted by Crippen LogP contribution is 1.91. The van der Waals surface area contributed by atoms with Gasteiger partial charge in [0.15, 0.2) is 0 Å². The van der Waals surface area contributed by atoms with Crippen LogP contribution in [0, 0.1) is 0 Å². The summed E-state index contributed by atoms with van der Waals surface area (Å²) < 4.78 is 4.73. The SMILES string of the molecule is COCCCC(=O)N[C@@H](CO)C(=O)O. The van der Waals surface area contributed by atoms with Crippen LogP contribution in [-0.4, -0.2) is 48.5 Å².